The number of aryl methyl sites for hydroxylation is 1. The Morgan fingerprint density at radius 2 is 1.73 bits per heavy atom. The third-order valence-electron chi connectivity index (χ3n) is 3.09. The molecule has 0 aromatic heterocycles. The molecule has 0 aliphatic rings. The average Bonchev–Trinajstić information content (AvgIpc) is 2.49. The van der Waals surface area contributed by atoms with E-state index in [1.807, 2.05) is 0 Å². The summed E-state index contributed by atoms with van der Waals surface area (Å²) in [6.45, 7) is 1.75. The van der Waals surface area contributed by atoms with Crippen molar-refractivity contribution in [1.82, 2.24) is 5.32 Å². The second-order valence-corrected chi connectivity index (χ2v) is 7.27. The second-order valence-electron chi connectivity index (χ2n) is 4.67. The van der Waals surface area contributed by atoms with E-state index in [2.05, 4.69) is 26.0 Å². The van der Waals surface area contributed by atoms with Crippen molar-refractivity contribution in [1.29, 1.82) is 0 Å². The second kappa shape index (κ2) is 6.50. The number of nitrogens with one attached hydrogen (secondary N) is 2. The third kappa shape index (κ3) is 3.66. The van der Waals surface area contributed by atoms with Gasteiger partial charge in [-0.2, -0.15) is 0 Å². The zero-order chi connectivity index (χ0) is 16.3. The predicted molar refractivity (Wildman–Crippen MR) is 89.5 cm³/mol. The van der Waals surface area contributed by atoms with Crippen molar-refractivity contribution in [2.75, 3.05) is 11.8 Å². The van der Waals surface area contributed by atoms with Crippen LogP contribution in [0.1, 0.15) is 15.9 Å². The standard InChI is InChI=1S/C15H15BrN2O3S/c1-10-3-8-13(9-14(10)15(19)17-2)22(20,21)18-12-6-4-11(16)5-7-12/h3-9,18H,1-2H3,(H,17,19). The molecule has 0 unspecified atom stereocenters. The Labute approximate surface area is 137 Å². The Morgan fingerprint density at radius 3 is 2.32 bits per heavy atom. The number of rotatable bonds is 4. The molecule has 0 bridgehead atoms. The normalized spacial score (nSPS) is 11.0. The molecule has 1 amide bonds. The lowest BCUT2D eigenvalue weighted by Gasteiger charge is -2.11. The fourth-order valence-corrected chi connectivity index (χ4v) is 3.23. The Balaban J connectivity index is 2.37. The van der Waals surface area contributed by atoms with Gasteiger partial charge in [0.05, 0.1) is 4.90 Å². The van der Waals surface area contributed by atoms with Crippen molar-refractivity contribution in [3.05, 3.63) is 58.1 Å². The van der Waals surface area contributed by atoms with E-state index in [1.54, 1.807) is 37.3 Å². The molecular formula is C15H15BrN2O3S. The highest BCUT2D eigenvalue weighted by molar-refractivity contribution is 9.10. The lowest BCUT2D eigenvalue weighted by atomic mass is 10.1. The molecule has 116 valence electrons. The maximum atomic E-state index is 12.4. The summed E-state index contributed by atoms with van der Waals surface area (Å²) in [6.07, 6.45) is 0. The van der Waals surface area contributed by atoms with Gasteiger partial charge in [-0.15, -0.1) is 0 Å². The van der Waals surface area contributed by atoms with Crippen LogP contribution in [0.5, 0.6) is 0 Å². The molecule has 7 heteroatoms. The molecule has 2 aromatic rings. The highest BCUT2D eigenvalue weighted by Crippen LogP contribution is 2.20. The lowest BCUT2D eigenvalue weighted by molar-refractivity contribution is 0.0962. The molecule has 0 saturated carbocycles. The van der Waals surface area contributed by atoms with Gasteiger partial charge in [0.25, 0.3) is 15.9 Å². The van der Waals surface area contributed by atoms with Gasteiger partial charge in [0, 0.05) is 22.8 Å². The summed E-state index contributed by atoms with van der Waals surface area (Å²) in [5, 5.41) is 2.50. The number of anilines is 1. The van der Waals surface area contributed by atoms with Crippen molar-refractivity contribution < 1.29 is 13.2 Å². The molecule has 0 atom stereocenters. The van der Waals surface area contributed by atoms with Crippen LogP contribution in [0.3, 0.4) is 0 Å². The van der Waals surface area contributed by atoms with Crippen LogP contribution < -0.4 is 10.0 Å². The van der Waals surface area contributed by atoms with Crippen LogP contribution in [0.25, 0.3) is 0 Å². The third-order valence-corrected chi connectivity index (χ3v) is 5.00. The quantitative estimate of drug-likeness (QED) is 0.853. The van der Waals surface area contributed by atoms with Gasteiger partial charge in [0.15, 0.2) is 0 Å². The average molecular weight is 383 g/mol. The highest BCUT2D eigenvalue weighted by atomic mass is 79.9. The van der Waals surface area contributed by atoms with Crippen LogP contribution in [0.15, 0.2) is 51.8 Å². The van der Waals surface area contributed by atoms with E-state index in [0.717, 1.165) is 4.47 Å². The molecule has 0 heterocycles. The zero-order valence-electron chi connectivity index (χ0n) is 12.1. The fraction of sp³-hybridized carbons (Fsp3) is 0.133. The topological polar surface area (TPSA) is 75.3 Å². The lowest BCUT2D eigenvalue weighted by Crippen LogP contribution is -2.20. The van der Waals surface area contributed by atoms with Crippen molar-refractivity contribution in [3.63, 3.8) is 0 Å². The number of carbonyl (C=O) groups is 1. The van der Waals surface area contributed by atoms with E-state index >= 15 is 0 Å². The Morgan fingerprint density at radius 1 is 1.09 bits per heavy atom. The Bertz CT molecular complexity index is 802. The minimum atomic E-state index is -3.75. The van der Waals surface area contributed by atoms with Crippen LogP contribution in [0, 0.1) is 6.92 Å². The molecule has 2 aromatic carbocycles. The first-order valence-electron chi connectivity index (χ1n) is 6.44. The fourth-order valence-electron chi connectivity index (χ4n) is 1.88. The number of amides is 1. The molecule has 0 saturated heterocycles. The molecule has 0 aliphatic heterocycles. The molecule has 0 spiro atoms. The van der Waals surface area contributed by atoms with Crippen molar-refractivity contribution in [2.24, 2.45) is 0 Å². The number of hydrogen-bond donors (Lipinski definition) is 2. The Hall–Kier alpha value is -1.86. The van der Waals surface area contributed by atoms with Crippen LogP contribution in [0.4, 0.5) is 5.69 Å². The van der Waals surface area contributed by atoms with Crippen LogP contribution >= 0.6 is 15.9 Å². The van der Waals surface area contributed by atoms with Gasteiger partial charge in [0.2, 0.25) is 0 Å². The number of sulfonamides is 1. The largest absolute Gasteiger partial charge is 0.355 e. The number of halogens is 1. The minimum Gasteiger partial charge on any atom is -0.355 e. The Kier molecular flexibility index (Phi) is 4.87. The van der Waals surface area contributed by atoms with Gasteiger partial charge in [-0.25, -0.2) is 8.42 Å². The van der Waals surface area contributed by atoms with Gasteiger partial charge >= 0.3 is 0 Å². The summed E-state index contributed by atoms with van der Waals surface area (Å²) >= 11 is 3.29. The highest BCUT2D eigenvalue weighted by Gasteiger charge is 2.17. The summed E-state index contributed by atoms with van der Waals surface area (Å²) in [4.78, 5) is 11.8. The van der Waals surface area contributed by atoms with Gasteiger partial charge in [-0.1, -0.05) is 22.0 Å². The van der Waals surface area contributed by atoms with Crippen LogP contribution in [-0.4, -0.2) is 21.4 Å². The molecule has 0 aliphatic carbocycles. The summed E-state index contributed by atoms with van der Waals surface area (Å²) in [6, 6.07) is 11.2. The molecule has 2 rings (SSSR count). The number of carbonyl (C=O) groups excluding carboxylic acids is 1. The van der Waals surface area contributed by atoms with Gasteiger partial charge in [-0.05, 0) is 48.9 Å². The van der Waals surface area contributed by atoms with E-state index < -0.39 is 10.0 Å². The van der Waals surface area contributed by atoms with E-state index in [0.29, 0.717) is 16.8 Å². The minimum absolute atomic E-state index is 0.0413. The molecular weight excluding hydrogens is 368 g/mol. The van der Waals surface area contributed by atoms with Crippen LogP contribution in [0.2, 0.25) is 0 Å². The first kappa shape index (κ1) is 16.5. The van der Waals surface area contributed by atoms with E-state index in [1.165, 1.54) is 19.2 Å². The van der Waals surface area contributed by atoms with Crippen molar-refractivity contribution >= 4 is 37.5 Å². The van der Waals surface area contributed by atoms with Gasteiger partial charge < -0.3 is 5.32 Å². The molecule has 0 fully saturated rings. The summed E-state index contributed by atoms with van der Waals surface area (Å²) in [5.74, 6) is -0.321. The van der Waals surface area contributed by atoms with Crippen molar-refractivity contribution in [3.8, 4) is 0 Å². The van der Waals surface area contributed by atoms with Gasteiger partial charge in [-0.3, -0.25) is 9.52 Å². The van der Waals surface area contributed by atoms with Crippen molar-refractivity contribution in [2.45, 2.75) is 11.8 Å². The smallest absolute Gasteiger partial charge is 0.261 e. The zero-order valence-corrected chi connectivity index (χ0v) is 14.5. The summed E-state index contributed by atoms with van der Waals surface area (Å²) in [5.41, 5.74) is 1.49. The molecule has 0 radical (unpaired) electrons. The number of benzene rings is 2. The molecule has 22 heavy (non-hydrogen) atoms. The summed E-state index contributed by atoms with van der Waals surface area (Å²) < 4.78 is 28.2. The molecule has 5 nitrogen and oxygen atoms in total. The first-order chi connectivity index (χ1) is 10.3. The van der Waals surface area contributed by atoms with E-state index in [-0.39, 0.29) is 10.8 Å². The SMILES string of the molecule is CNC(=O)c1cc(S(=O)(=O)Nc2ccc(Br)cc2)ccc1C. The van der Waals surface area contributed by atoms with E-state index in [9.17, 15) is 13.2 Å². The van der Waals surface area contributed by atoms with E-state index in [4.69, 9.17) is 0 Å². The van der Waals surface area contributed by atoms with Gasteiger partial charge in [0.1, 0.15) is 0 Å². The number of hydrogen-bond acceptors (Lipinski definition) is 3. The first-order valence-corrected chi connectivity index (χ1v) is 8.72. The summed E-state index contributed by atoms with van der Waals surface area (Å²) in [7, 11) is -2.25. The monoisotopic (exact) mass is 382 g/mol. The predicted octanol–water partition coefficient (Wildman–Crippen LogP) is 2.92. The molecule has 2 N–H and O–H groups in total. The maximum Gasteiger partial charge on any atom is 0.261 e. The van der Waals surface area contributed by atoms with Crippen LogP contribution in [-0.2, 0) is 10.0 Å². The maximum absolute atomic E-state index is 12.4.